The van der Waals surface area contributed by atoms with Crippen LogP contribution >= 0.6 is 0 Å². The molecule has 0 aromatic carbocycles. The lowest BCUT2D eigenvalue weighted by Gasteiger charge is -2.20. The summed E-state index contributed by atoms with van der Waals surface area (Å²) in [6, 6.07) is 4.83. The maximum absolute atomic E-state index is 4.71. The largest absolute Gasteiger partial charge is 0.360 e. The summed E-state index contributed by atoms with van der Waals surface area (Å²) in [5, 5.41) is 3.44. The highest BCUT2D eigenvalue weighted by atomic mass is 15.2. The molecule has 0 bridgehead atoms. The minimum Gasteiger partial charge on any atom is -0.360 e. The Labute approximate surface area is 118 Å². The fourth-order valence-electron chi connectivity index (χ4n) is 1.86. The Morgan fingerprint density at radius 3 is 2.42 bits per heavy atom. The number of pyridine rings is 1. The van der Waals surface area contributed by atoms with Crippen molar-refractivity contribution in [3.63, 3.8) is 0 Å². The average molecular weight is 263 g/mol. The second-order valence-corrected chi connectivity index (χ2v) is 6.05. The van der Waals surface area contributed by atoms with Crippen molar-refractivity contribution in [2.45, 2.75) is 53.6 Å². The molecule has 1 aromatic rings. The molecule has 19 heavy (non-hydrogen) atoms. The summed E-state index contributed by atoms with van der Waals surface area (Å²) in [6.07, 6.45) is 1.20. The maximum atomic E-state index is 4.71. The summed E-state index contributed by atoms with van der Waals surface area (Å²) in [7, 11) is 2.12. The van der Waals surface area contributed by atoms with Gasteiger partial charge in [-0.25, -0.2) is 4.98 Å². The molecule has 0 aliphatic carbocycles. The quantitative estimate of drug-likeness (QED) is 0.817. The van der Waals surface area contributed by atoms with E-state index < -0.39 is 0 Å². The highest BCUT2D eigenvalue weighted by Gasteiger charge is 2.07. The van der Waals surface area contributed by atoms with Crippen LogP contribution in [0, 0.1) is 12.8 Å². The first kappa shape index (κ1) is 16.0. The van der Waals surface area contributed by atoms with Crippen LogP contribution in [-0.4, -0.2) is 24.6 Å². The number of aromatic nitrogens is 1. The summed E-state index contributed by atoms with van der Waals surface area (Å²) in [4.78, 5) is 6.96. The SMILES string of the molecule is Cc1nc(N(C)CCC(C)C)ccc1CNC(C)C. The van der Waals surface area contributed by atoms with Gasteiger partial charge in [0.1, 0.15) is 5.82 Å². The molecule has 108 valence electrons. The second-order valence-electron chi connectivity index (χ2n) is 6.05. The normalized spacial score (nSPS) is 11.4. The molecule has 3 heteroatoms. The van der Waals surface area contributed by atoms with Crippen molar-refractivity contribution in [1.82, 2.24) is 10.3 Å². The molecule has 0 saturated carbocycles. The van der Waals surface area contributed by atoms with Gasteiger partial charge in [-0.3, -0.25) is 0 Å². The van der Waals surface area contributed by atoms with Gasteiger partial charge in [0, 0.05) is 31.9 Å². The molecule has 1 aromatic heterocycles. The van der Waals surface area contributed by atoms with Gasteiger partial charge in [0.2, 0.25) is 0 Å². The lowest BCUT2D eigenvalue weighted by atomic mass is 10.1. The fourth-order valence-corrected chi connectivity index (χ4v) is 1.86. The molecule has 0 aliphatic rings. The van der Waals surface area contributed by atoms with E-state index in [9.17, 15) is 0 Å². The van der Waals surface area contributed by atoms with E-state index >= 15 is 0 Å². The minimum atomic E-state index is 0.507. The van der Waals surface area contributed by atoms with E-state index in [2.05, 4.69) is 64.0 Å². The zero-order valence-corrected chi connectivity index (χ0v) is 13.3. The summed E-state index contributed by atoms with van der Waals surface area (Å²) in [5.74, 6) is 1.81. The Morgan fingerprint density at radius 2 is 1.89 bits per heavy atom. The van der Waals surface area contributed by atoms with E-state index in [1.807, 2.05) is 0 Å². The van der Waals surface area contributed by atoms with E-state index in [4.69, 9.17) is 4.98 Å². The van der Waals surface area contributed by atoms with E-state index in [1.54, 1.807) is 0 Å². The Balaban J connectivity index is 2.65. The Hall–Kier alpha value is -1.09. The molecule has 1 N–H and O–H groups in total. The lowest BCUT2D eigenvalue weighted by Crippen LogP contribution is -2.24. The first-order valence-corrected chi connectivity index (χ1v) is 7.31. The van der Waals surface area contributed by atoms with Crippen LogP contribution in [0.3, 0.4) is 0 Å². The number of anilines is 1. The minimum absolute atomic E-state index is 0.507. The molecule has 0 atom stereocenters. The van der Waals surface area contributed by atoms with Crippen molar-refractivity contribution >= 4 is 5.82 Å². The van der Waals surface area contributed by atoms with Crippen LogP contribution in [-0.2, 0) is 6.54 Å². The predicted molar refractivity (Wildman–Crippen MR) is 83.7 cm³/mol. The highest BCUT2D eigenvalue weighted by molar-refractivity contribution is 5.40. The number of aryl methyl sites for hydroxylation is 1. The fraction of sp³-hybridized carbons (Fsp3) is 0.688. The third-order valence-electron chi connectivity index (χ3n) is 3.31. The van der Waals surface area contributed by atoms with Gasteiger partial charge in [-0.05, 0) is 30.9 Å². The molecule has 0 saturated heterocycles. The maximum Gasteiger partial charge on any atom is 0.128 e. The third kappa shape index (κ3) is 5.60. The lowest BCUT2D eigenvalue weighted by molar-refractivity contribution is 0.581. The number of nitrogens with zero attached hydrogens (tertiary/aromatic N) is 2. The highest BCUT2D eigenvalue weighted by Crippen LogP contribution is 2.15. The van der Waals surface area contributed by atoms with Gasteiger partial charge in [-0.2, -0.15) is 0 Å². The number of rotatable bonds is 7. The van der Waals surface area contributed by atoms with Crippen LogP contribution in [0.25, 0.3) is 0 Å². The zero-order chi connectivity index (χ0) is 14.4. The van der Waals surface area contributed by atoms with Crippen molar-refractivity contribution in [1.29, 1.82) is 0 Å². The molecule has 1 heterocycles. The molecular formula is C16H29N3. The summed E-state index contributed by atoms with van der Waals surface area (Å²) in [5.41, 5.74) is 2.41. The Morgan fingerprint density at radius 1 is 1.21 bits per heavy atom. The number of nitrogens with one attached hydrogen (secondary N) is 1. The van der Waals surface area contributed by atoms with Gasteiger partial charge in [-0.15, -0.1) is 0 Å². The molecule has 0 unspecified atom stereocenters. The third-order valence-corrected chi connectivity index (χ3v) is 3.31. The van der Waals surface area contributed by atoms with Crippen molar-refractivity contribution in [3.8, 4) is 0 Å². The molecule has 0 spiro atoms. The summed E-state index contributed by atoms with van der Waals surface area (Å²) >= 11 is 0. The van der Waals surface area contributed by atoms with E-state index in [0.29, 0.717) is 6.04 Å². The molecule has 0 aliphatic heterocycles. The van der Waals surface area contributed by atoms with Crippen LogP contribution < -0.4 is 10.2 Å². The molecule has 1 rings (SSSR count). The van der Waals surface area contributed by atoms with Crippen LogP contribution in [0.15, 0.2) is 12.1 Å². The molecule has 0 radical (unpaired) electrons. The number of hydrogen-bond acceptors (Lipinski definition) is 3. The smallest absolute Gasteiger partial charge is 0.128 e. The molecule has 0 fully saturated rings. The topological polar surface area (TPSA) is 28.2 Å². The standard InChI is InChI=1S/C16H29N3/c1-12(2)9-10-19(6)16-8-7-15(14(5)18-16)11-17-13(3)4/h7-8,12-13,17H,9-11H2,1-6H3. The van der Waals surface area contributed by atoms with Crippen molar-refractivity contribution in [2.24, 2.45) is 5.92 Å². The first-order chi connectivity index (χ1) is 8.90. The van der Waals surface area contributed by atoms with Gasteiger partial charge < -0.3 is 10.2 Å². The second kappa shape index (κ2) is 7.49. The van der Waals surface area contributed by atoms with E-state index in [0.717, 1.165) is 30.5 Å². The van der Waals surface area contributed by atoms with Crippen LogP contribution in [0.2, 0.25) is 0 Å². The first-order valence-electron chi connectivity index (χ1n) is 7.31. The molecular weight excluding hydrogens is 234 g/mol. The Bertz CT molecular complexity index is 386. The van der Waals surface area contributed by atoms with Crippen molar-refractivity contribution < 1.29 is 0 Å². The predicted octanol–water partition coefficient (Wildman–Crippen LogP) is 3.37. The Kier molecular flexibility index (Phi) is 6.29. The molecule has 3 nitrogen and oxygen atoms in total. The monoisotopic (exact) mass is 263 g/mol. The van der Waals surface area contributed by atoms with Crippen LogP contribution in [0.4, 0.5) is 5.82 Å². The van der Waals surface area contributed by atoms with Gasteiger partial charge in [0.25, 0.3) is 0 Å². The number of hydrogen-bond donors (Lipinski definition) is 1. The van der Waals surface area contributed by atoms with Crippen molar-refractivity contribution in [3.05, 3.63) is 23.4 Å². The van der Waals surface area contributed by atoms with E-state index in [-0.39, 0.29) is 0 Å². The van der Waals surface area contributed by atoms with Crippen LogP contribution in [0.5, 0.6) is 0 Å². The van der Waals surface area contributed by atoms with E-state index in [1.165, 1.54) is 12.0 Å². The van der Waals surface area contributed by atoms with Gasteiger partial charge in [0.15, 0.2) is 0 Å². The average Bonchev–Trinajstić information content (AvgIpc) is 2.34. The van der Waals surface area contributed by atoms with Crippen molar-refractivity contribution in [2.75, 3.05) is 18.5 Å². The summed E-state index contributed by atoms with van der Waals surface area (Å²) in [6.45, 7) is 12.9. The molecule has 0 amide bonds. The van der Waals surface area contributed by atoms with Gasteiger partial charge in [-0.1, -0.05) is 33.8 Å². The summed E-state index contributed by atoms with van der Waals surface area (Å²) < 4.78 is 0. The zero-order valence-electron chi connectivity index (χ0n) is 13.3. The van der Waals surface area contributed by atoms with Gasteiger partial charge >= 0.3 is 0 Å². The van der Waals surface area contributed by atoms with Crippen LogP contribution in [0.1, 0.15) is 45.4 Å². The van der Waals surface area contributed by atoms with Gasteiger partial charge in [0.05, 0.1) is 0 Å².